The molecule has 0 aliphatic rings. The topological polar surface area (TPSA) is 26.3 Å². The van der Waals surface area contributed by atoms with E-state index in [0.717, 1.165) is 9.13 Å². The van der Waals surface area contributed by atoms with Gasteiger partial charge in [-0.15, -0.1) is 0 Å². The summed E-state index contributed by atoms with van der Waals surface area (Å²) in [7, 11) is 0. The summed E-state index contributed by atoms with van der Waals surface area (Å²) in [5.74, 6) is -4.66. The molecule has 0 aromatic heterocycles. The molecule has 106 valence electrons. The molecule has 0 saturated carbocycles. The van der Waals surface area contributed by atoms with Gasteiger partial charge in [-0.25, -0.2) is 8.78 Å². The van der Waals surface area contributed by atoms with Gasteiger partial charge in [-0.3, -0.25) is 4.79 Å². The van der Waals surface area contributed by atoms with E-state index in [1.54, 1.807) is 24.3 Å². The van der Waals surface area contributed by atoms with Gasteiger partial charge in [0.1, 0.15) is 13.2 Å². The molecule has 0 aliphatic carbocycles. The first-order chi connectivity index (χ1) is 8.81. The van der Waals surface area contributed by atoms with Crippen molar-refractivity contribution in [3.63, 3.8) is 0 Å². The van der Waals surface area contributed by atoms with Crippen LogP contribution in [0.5, 0.6) is 0 Å². The molecular formula is C12H11F4IO2. The molecule has 1 aromatic carbocycles. The maximum absolute atomic E-state index is 12.5. The first-order valence-electron chi connectivity index (χ1n) is 5.31. The number of carbonyl (C=O) groups is 1. The Hall–Kier alpha value is -0.700. The highest BCUT2D eigenvalue weighted by Gasteiger charge is 2.41. The number of benzene rings is 1. The predicted octanol–water partition coefficient (Wildman–Crippen LogP) is 3.32. The third-order valence-electron chi connectivity index (χ3n) is 2.19. The van der Waals surface area contributed by atoms with Crippen molar-refractivity contribution in [2.75, 3.05) is 13.2 Å². The molecular weight excluding hydrogens is 379 g/mol. The quantitative estimate of drug-likeness (QED) is 0.528. The zero-order valence-electron chi connectivity index (χ0n) is 9.71. The molecule has 0 atom stereocenters. The maximum Gasteiger partial charge on any atom is 0.330 e. The van der Waals surface area contributed by atoms with E-state index < -0.39 is 31.3 Å². The molecule has 0 bridgehead atoms. The summed E-state index contributed by atoms with van der Waals surface area (Å²) < 4.78 is 53.9. The number of halogens is 5. The highest BCUT2D eigenvalue weighted by molar-refractivity contribution is 14.1. The van der Waals surface area contributed by atoms with Gasteiger partial charge in [0.2, 0.25) is 0 Å². The smallest absolute Gasteiger partial charge is 0.330 e. The highest BCUT2D eigenvalue weighted by Crippen LogP contribution is 2.22. The number of Topliss-reactive ketones (excluding diaryl/α,β-unsaturated/α-hetero) is 1. The van der Waals surface area contributed by atoms with Crippen LogP contribution in [-0.2, 0) is 16.0 Å². The lowest BCUT2D eigenvalue weighted by atomic mass is 10.1. The van der Waals surface area contributed by atoms with Crippen LogP contribution in [0.15, 0.2) is 24.3 Å². The van der Waals surface area contributed by atoms with E-state index in [1.807, 2.05) is 0 Å². The number of carbonyl (C=O) groups excluding carboxylic acids is 1. The molecule has 0 saturated heterocycles. The van der Waals surface area contributed by atoms with Crippen molar-refractivity contribution in [2.45, 2.75) is 18.8 Å². The Morgan fingerprint density at radius 3 is 2.37 bits per heavy atom. The van der Waals surface area contributed by atoms with Crippen LogP contribution >= 0.6 is 22.6 Å². The predicted molar refractivity (Wildman–Crippen MR) is 69.6 cm³/mol. The molecule has 19 heavy (non-hydrogen) atoms. The van der Waals surface area contributed by atoms with E-state index in [2.05, 4.69) is 27.3 Å². The van der Waals surface area contributed by atoms with Crippen LogP contribution in [0.4, 0.5) is 17.6 Å². The minimum Gasteiger partial charge on any atom is -0.367 e. The monoisotopic (exact) mass is 390 g/mol. The molecule has 0 heterocycles. The number of rotatable bonds is 7. The number of hydrogen-bond donors (Lipinski definition) is 0. The lowest BCUT2D eigenvalue weighted by Gasteiger charge is -2.14. The van der Waals surface area contributed by atoms with Gasteiger partial charge >= 0.3 is 12.3 Å². The Balaban J connectivity index is 2.34. The number of alkyl halides is 4. The van der Waals surface area contributed by atoms with Gasteiger partial charge in [0.25, 0.3) is 0 Å². The Morgan fingerprint density at radius 1 is 1.26 bits per heavy atom. The zero-order valence-corrected chi connectivity index (χ0v) is 11.9. The van der Waals surface area contributed by atoms with Crippen molar-refractivity contribution in [1.29, 1.82) is 0 Å². The van der Waals surface area contributed by atoms with E-state index in [4.69, 9.17) is 0 Å². The summed E-state index contributed by atoms with van der Waals surface area (Å²) in [4.78, 5) is 11.4. The molecule has 1 aromatic rings. The molecule has 0 amide bonds. The standard InChI is InChI=1S/C12H11F4IO2/c13-11(14)12(15,16)7-19-6-10(18)5-8-1-3-9(17)4-2-8/h1-4,11H,5-7H2. The Labute approximate surface area is 121 Å². The minimum absolute atomic E-state index is 0.0250. The van der Waals surface area contributed by atoms with Crippen LogP contribution in [0.2, 0.25) is 0 Å². The summed E-state index contributed by atoms with van der Waals surface area (Å²) >= 11 is 2.10. The normalized spacial score (nSPS) is 11.9. The van der Waals surface area contributed by atoms with Gasteiger partial charge in [-0.2, -0.15) is 8.78 Å². The van der Waals surface area contributed by atoms with E-state index in [-0.39, 0.29) is 6.42 Å². The van der Waals surface area contributed by atoms with Crippen LogP contribution in [0.3, 0.4) is 0 Å². The van der Waals surface area contributed by atoms with Crippen molar-refractivity contribution in [1.82, 2.24) is 0 Å². The van der Waals surface area contributed by atoms with Crippen LogP contribution in [0, 0.1) is 3.57 Å². The molecule has 0 unspecified atom stereocenters. The molecule has 2 nitrogen and oxygen atoms in total. The van der Waals surface area contributed by atoms with Crippen molar-refractivity contribution in [3.8, 4) is 0 Å². The molecule has 0 spiro atoms. The summed E-state index contributed by atoms with van der Waals surface area (Å²) in [6, 6.07) is 7.06. The first kappa shape index (κ1) is 16.4. The van der Waals surface area contributed by atoms with Gasteiger partial charge in [0, 0.05) is 9.99 Å². The van der Waals surface area contributed by atoms with E-state index in [0.29, 0.717) is 0 Å². The number of ketones is 1. The van der Waals surface area contributed by atoms with Gasteiger partial charge in [-0.05, 0) is 40.3 Å². The van der Waals surface area contributed by atoms with Gasteiger partial charge < -0.3 is 4.74 Å². The summed E-state index contributed by atoms with van der Waals surface area (Å²) in [5, 5.41) is 0. The third kappa shape index (κ3) is 5.85. The largest absolute Gasteiger partial charge is 0.367 e. The highest BCUT2D eigenvalue weighted by atomic mass is 127. The van der Waals surface area contributed by atoms with E-state index in [1.165, 1.54) is 0 Å². The summed E-state index contributed by atoms with van der Waals surface area (Å²) in [6.07, 6.45) is -3.77. The van der Waals surface area contributed by atoms with Crippen molar-refractivity contribution in [3.05, 3.63) is 33.4 Å². The van der Waals surface area contributed by atoms with Crippen LogP contribution in [0.25, 0.3) is 0 Å². The Kier molecular flexibility index (Phi) is 6.18. The van der Waals surface area contributed by atoms with Gasteiger partial charge in [0.15, 0.2) is 5.78 Å². The van der Waals surface area contributed by atoms with Crippen molar-refractivity contribution < 1.29 is 27.1 Å². The number of hydrogen-bond acceptors (Lipinski definition) is 2. The van der Waals surface area contributed by atoms with E-state index in [9.17, 15) is 22.4 Å². The second-order valence-electron chi connectivity index (χ2n) is 3.90. The SMILES string of the molecule is O=C(COCC(F)(F)C(F)F)Cc1ccc(I)cc1. The van der Waals surface area contributed by atoms with E-state index >= 15 is 0 Å². The molecule has 7 heteroatoms. The van der Waals surface area contributed by atoms with Gasteiger partial charge in [-0.1, -0.05) is 12.1 Å². The lowest BCUT2D eigenvalue weighted by Crippen LogP contribution is -2.33. The van der Waals surface area contributed by atoms with Crippen molar-refractivity contribution in [2.24, 2.45) is 0 Å². The van der Waals surface area contributed by atoms with Crippen LogP contribution in [-0.4, -0.2) is 31.3 Å². The summed E-state index contributed by atoms with van der Waals surface area (Å²) in [6.45, 7) is -2.06. The Bertz CT molecular complexity index is 420. The molecule has 0 fully saturated rings. The fourth-order valence-corrected chi connectivity index (χ4v) is 1.60. The van der Waals surface area contributed by atoms with Crippen LogP contribution in [0.1, 0.15) is 5.56 Å². The average molecular weight is 390 g/mol. The lowest BCUT2D eigenvalue weighted by molar-refractivity contribution is -0.168. The summed E-state index contributed by atoms with van der Waals surface area (Å²) in [5.41, 5.74) is 0.717. The molecule has 1 rings (SSSR count). The second kappa shape index (κ2) is 7.18. The maximum atomic E-state index is 12.5. The second-order valence-corrected chi connectivity index (χ2v) is 5.14. The fraction of sp³-hybridized carbons (Fsp3) is 0.417. The van der Waals surface area contributed by atoms with Crippen LogP contribution < -0.4 is 0 Å². The fourth-order valence-electron chi connectivity index (χ4n) is 1.24. The Morgan fingerprint density at radius 2 is 1.84 bits per heavy atom. The average Bonchev–Trinajstić information content (AvgIpc) is 2.31. The third-order valence-corrected chi connectivity index (χ3v) is 2.91. The molecule has 0 aliphatic heterocycles. The van der Waals surface area contributed by atoms with Gasteiger partial charge in [0.05, 0.1) is 0 Å². The minimum atomic E-state index is -4.22. The molecule has 0 N–H and O–H groups in total. The number of ether oxygens (including phenoxy) is 1. The van der Waals surface area contributed by atoms with Crippen molar-refractivity contribution >= 4 is 28.4 Å². The molecule has 0 radical (unpaired) electrons. The zero-order chi connectivity index (χ0) is 14.5. The first-order valence-corrected chi connectivity index (χ1v) is 6.39.